The van der Waals surface area contributed by atoms with Gasteiger partial charge in [0.1, 0.15) is 0 Å². The molecule has 2 rings (SSSR count). The van der Waals surface area contributed by atoms with Gasteiger partial charge in [-0.25, -0.2) is 4.79 Å². The fourth-order valence-electron chi connectivity index (χ4n) is 1.53. The molecule has 2 aromatic rings. The van der Waals surface area contributed by atoms with E-state index in [9.17, 15) is 9.59 Å². The molecule has 0 aliphatic carbocycles. The maximum Gasteiger partial charge on any atom is 0.338 e. The third kappa shape index (κ3) is 4.14. The second-order valence-electron chi connectivity index (χ2n) is 4.05. The van der Waals surface area contributed by atoms with E-state index in [0.29, 0.717) is 16.8 Å². The first-order valence-electron chi connectivity index (χ1n) is 6.06. The topological polar surface area (TPSA) is 92.1 Å². The average molecular weight is 281 g/mol. The van der Waals surface area contributed by atoms with Gasteiger partial charge in [-0.15, -0.1) is 0 Å². The maximum atomic E-state index is 11.6. The van der Waals surface area contributed by atoms with Crippen molar-refractivity contribution in [2.45, 2.75) is 0 Å². The molecule has 1 amide bonds. The van der Waals surface area contributed by atoms with Crippen molar-refractivity contribution in [2.24, 2.45) is 0 Å². The average Bonchev–Trinajstić information content (AvgIpc) is 2.54. The molecule has 0 spiro atoms. The van der Waals surface area contributed by atoms with Crippen molar-refractivity contribution in [1.29, 1.82) is 5.26 Å². The zero-order valence-corrected chi connectivity index (χ0v) is 10.9. The van der Waals surface area contributed by atoms with Crippen LogP contribution < -0.4 is 5.32 Å². The quantitative estimate of drug-likeness (QED) is 0.862. The van der Waals surface area contributed by atoms with Crippen LogP contribution in [0.15, 0.2) is 48.8 Å². The number of nitrogens with one attached hydrogen (secondary N) is 1. The van der Waals surface area contributed by atoms with Gasteiger partial charge < -0.3 is 10.1 Å². The zero-order valence-electron chi connectivity index (χ0n) is 10.9. The highest BCUT2D eigenvalue weighted by atomic mass is 16.5. The Labute approximate surface area is 121 Å². The normalized spacial score (nSPS) is 9.48. The van der Waals surface area contributed by atoms with Gasteiger partial charge in [0, 0.05) is 18.1 Å². The minimum Gasteiger partial charge on any atom is -0.452 e. The Morgan fingerprint density at radius 3 is 2.43 bits per heavy atom. The Kier molecular flexibility index (Phi) is 4.62. The fraction of sp³-hybridized carbons (Fsp3) is 0.0667. The van der Waals surface area contributed by atoms with E-state index < -0.39 is 11.9 Å². The molecule has 1 N–H and O–H groups in total. The lowest BCUT2D eigenvalue weighted by Gasteiger charge is -2.06. The summed E-state index contributed by atoms with van der Waals surface area (Å²) in [6.45, 7) is -0.388. The molecule has 0 saturated carbocycles. The van der Waals surface area contributed by atoms with Crippen molar-refractivity contribution in [2.75, 3.05) is 11.9 Å². The lowest BCUT2D eigenvalue weighted by Crippen LogP contribution is -2.20. The lowest BCUT2D eigenvalue weighted by atomic mass is 10.2. The van der Waals surface area contributed by atoms with Gasteiger partial charge in [0.15, 0.2) is 6.61 Å². The molecular weight excluding hydrogens is 270 g/mol. The number of amides is 1. The number of benzene rings is 1. The number of ether oxygens (including phenoxy) is 1. The Balaban J connectivity index is 1.85. The number of aromatic nitrogens is 1. The predicted octanol–water partition coefficient (Wildman–Crippen LogP) is 1.75. The summed E-state index contributed by atoms with van der Waals surface area (Å²) in [6.07, 6.45) is 2.93. The maximum absolute atomic E-state index is 11.6. The molecule has 6 nitrogen and oxygen atoms in total. The van der Waals surface area contributed by atoms with Crippen LogP contribution in [0, 0.1) is 11.3 Å². The van der Waals surface area contributed by atoms with Crippen LogP contribution in [-0.2, 0) is 9.53 Å². The molecule has 0 bridgehead atoms. The van der Waals surface area contributed by atoms with Gasteiger partial charge in [-0.1, -0.05) is 0 Å². The third-order valence-corrected chi connectivity index (χ3v) is 2.55. The number of nitrogens with zero attached hydrogens (tertiary/aromatic N) is 2. The highest BCUT2D eigenvalue weighted by Gasteiger charge is 2.09. The molecule has 0 saturated heterocycles. The van der Waals surface area contributed by atoms with E-state index in [4.69, 9.17) is 10.00 Å². The van der Waals surface area contributed by atoms with Gasteiger partial charge in [0.25, 0.3) is 5.91 Å². The van der Waals surface area contributed by atoms with E-state index in [1.54, 1.807) is 24.3 Å². The molecule has 6 heteroatoms. The molecule has 0 unspecified atom stereocenters. The van der Waals surface area contributed by atoms with Crippen LogP contribution in [0.25, 0.3) is 0 Å². The van der Waals surface area contributed by atoms with Crippen molar-refractivity contribution in [3.8, 4) is 6.07 Å². The highest BCUT2D eigenvalue weighted by Crippen LogP contribution is 2.08. The SMILES string of the molecule is N#Cc1ccc(NC(=O)COC(=O)c2ccncc2)cc1. The van der Waals surface area contributed by atoms with Gasteiger partial charge in [-0.3, -0.25) is 9.78 Å². The van der Waals surface area contributed by atoms with E-state index >= 15 is 0 Å². The van der Waals surface area contributed by atoms with Crippen molar-refractivity contribution in [3.05, 3.63) is 59.9 Å². The number of pyridine rings is 1. The molecule has 0 radical (unpaired) electrons. The summed E-state index contributed by atoms with van der Waals surface area (Å²) < 4.78 is 4.88. The molecule has 1 aromatic carbocycles. The Morgan fingerprint density at radius 2 is 1.81 bits per heavy atom. The van der Waals surface area contributed by atoms with E-state index in [0.717, 1.165) is 0 Å². The fourth-order valence-corrected chi connectivity index (χ4v) is 1.53. The second kappa shape index (κ2) is 6.82. The first-order valence-corrected chi connectivity index (χ1v) is 6.06. The Hall–Kier alpha value is -3.20. The van der Waals surface area contributed by atoms with Gasteiger partial charge in [0.2, 0.25) is 0 Å². The van der Waals surface area contributed by atoms with Crippen molar-refractivity contribution >= 4 is 17.6 Å². The van der Waals surface area contributed by atoms with Crippen molar-refractivity contribution < 1.29 is 14.3 Å². The predicted molar refractivity (Wildman–Crippen MR) is 74.3 cm³/mol. The number of esters is 1. The molecule has 0 aliphatic heterocycles. The first kappa shape index (κ1) is 14.2. The minimum atomic E-state index is -0.590. The van der Waals surface area contributed by atoms with Crippen LogP contribution in [0.3, 0.4) is 0 Å². The Morgan fingerprint density at radius 1 is 1.14 bits per heavy atom. The van der Waals surface area contributed by atoms with E-state index in [2.05, 4.69) is 10.3 Å². The standard InChI is InChI=1S/C15H11N3O3/c16-9-11-1-3-13(4-2-11)18-14(19)10-21-15(20)12-5-7-17-8-6-12/h1-8H,10H2,(H,18,19). The van der Waals surface area contributed by atoms with E-state index in [-0.39, 0.29) is 6.61 Å². The summed E-state index contributed by atoms with van der Waals surface area (Å²) in [4.78, 5) is 27.0. The highest BCUT2D eigenvalue weighted by molar-refractivity contribution is 5.95. The number of hydrogen-bond acceptors (Lipinski definition) is 5. The second-order valence-corrected chi connectivity index (χ2v) is 4.05. The van der Waals surface area contributed by atoms with Crippen molar-refractivity contribution in [1.82, 2.24) is 4.98 Å². The summed E-state index contributed by atoms with van der Waals surface area (Å²) in [5.74, 6) is -1.05. The number of anilines is 1. The molecular formula is C15H11N3O3. The number of hydrogen-bond donors (Lipinski definition) is 1. The van der Waals surface area contributed by atoms with Crippen LogP contribution >= 0.6 is 0 Å². The lowest BCUT2D eigenvalue weighted by molar-refractivity contribution is -0.119. The smallest absolute Gasteiger partial charge is 0.338 e. The number of carbonyl (C=O) groups is 2. The van der Waals surface area contributed by atoms with Crippen LogP contribution in [0.1, 0.15) is 15.9 Å². The Bertz CT molecular complexity index is 676. The summed E-state index contributed by atoms with van der Waals surface area (Å²) in [7, 11) is 0. The van der Waals surface area contributed by atoms with Crippen LogP contribution in [0.2, 0.25) is 0 Å². The van der Waals surface area contributed by atoms with Gasteiger partial charge in [0.05, 0.1) is 17.2 Å². The molecule has 0 atom stereocenters. The van der Waals surface area contributed by atoms with Gasteiger partial charge in [-0.2, -0.15) is 5.26 Å². The summed E-state index contributed by atoms with van der Waals surface area (Å²) in [5, 5.41) is 11.2. The molecule has 1 heterocycles. The van der Waals surface area contributed by atoms with Gasteiger partial charge in [-0.05, 0) is 36.4 Å². The van der Waals surface area contributed by atoms with Crippen molar-refractivity contribution in [3.63, 3.8) is 0 Å². The monoisotopic (exact) mass is 281 g/mol. The molecule has 0 fully saturated rings. The molecule has 104 valence electrons. The van der Waals surface area contributed by atoms with E-state index in [1.807, 2.05) is 6.07 Å². The largest absolute Gasteiger partial charge is 0.452 e. The number of carbonyl (C=O) groups excluding carboxylic acids is 2. The molecule has 21 heavy (non-hydrogen) atoms. The molecule has 0 aliphatic rings. The summed E-state index contributed by atoms with van der Waals surface area (Å²) in [6, 6.07) is 11.3. The third-order valence-electron chi connectivity index (χ3n) is 2.55. The van der Waals surface area contributed by atoms with Crippen LogP contribution in [-0.4, -0.2) is 23.5 Å². The zero-order chi connectivity index (χ0) is 15.1. The van der Waals surface area contributed by atoms with Crippen LogP contribution in [0.4, 0.5) is 5.69 Å². The van der Waals surface area contributed by atoms with E-state index in [1.165, 1.54) is 24.5 Å². The number of nitriles is 1. The summed E-state index contributed by atoms with van der Waals surface area (Å²) >= 11 is 0. The first-order chi connectivity index (χ1) is 10.2. The number of rotatable bonds is 4. The minimum absolute atomic E-state index is 0.330. The summed E-state index contributed by atoms with van der Waals surface area (Å²) in [5.41, 5.74) is 1.35. The van der Waals surface area contributed by atoms with Crippen LogP contribution in [0.5, 0.6) is 0 Å². The molecule has 1 aromatic heterocycles. The van der Waals surface area contributed by atoms with Gasteiger partial charge >= 0.3 is 5.97 Å².